The predicted molar refractivity (Wildman–Crippen MR) is 144 cm³/mol. The smallest absolute Gasteiger partial charge is 0.315 e. The third kappa shape index (κ3) is 5.25. The van der Waals surface area contributed by atoms with Gasteiger partial charge in [-0.1, -0.05) is 30.2 Å². The Hall–Kier alpha value is -4.97. The zero-order valence-corrected chi connectivity index (χ0v) is 21.3. The predicted octanol–water partition coefficient (Wildman–Crippen LogP) is 3.77. The summed E-state index contributed by atoms with van der Waals surface area (Å²) < 4.78 is 5.09. The lowest BCUT2D eigenvalue weighted by atomic mass is 9.75. The minimum atomic E-state index is -0.786. The van der Waals surface area contributed by atoms with E-state index in [4.69, 9.17) is 4.74 Å². The number of hydrogen-bond donors (Lipinski definition) is 3. The summed E-state index contributed by atoms with van der Waals surface area (Å²) in [6.45, 7) is 5.23. The highest BCUT2D eigenvalue weighted by Gasteiger charge is 2.41. The van der Waals surface area contributed by atoms with Gasteiger partial charge in [-0.25, -0.2) is 5.10 Å². The quantitative estimate of drug-likeness (QED) is 0.353. The molecule has 3 aromatic rings. The molecule has 2 atom stereocenters. The van der Waals surface area contributed by atoms with Gasteiger partial charge >= 0.3 is 5.97 Å². The number of hydrogen-bond acceptors (Lipinski definition) is 7. The van der Waals surface area contributed by atoms with Crippen molar-refractivity contribution in [2.75, 3.05) is 12.4 Å². The summed E-state index contributed by atoms with van der Waals surface area (Å²) in [5.74, 6) is 3.31. The third-order valence-corrected chi connectivity index (χ3v) is 6.25. The highest BCUT2D eigenvalue weighted by Crippen LogP contribution is 2.40. The van der Waals surface area contributed by atoms with Gasteiger partial charge in [0.2, 0.25) is 0 Å². The van der Waals surface area contributed by atoms with E-state index >= 15 is 0 Å². The Labute approximate surface area is 219 Å². The summed E-state index contributed by atoms with van der Waals surface area (Å²) in [5.41, 5.74) is 3.62. The molecule has 1 aliphatic heterocycles. The number of carbonyl (C=O) groups is 2. The van der Waals surface area contributed by atoms with Crippen molar-refractivity contribution in [3.8, 4) is 28.8 Å². The lowest BCUT2D eigenvalue weighted by Gasteiger charge is -2.31. The molecule has 38 heavy (non-hydrogen) atoms. The molecular weight excluding hydrogens is 484 g/mol. The molecule has 0 saturated heterocycles. The average Bonchev–Trinajstić information content (AvgIpc) is 2.89. The van der Waals surface area contributed by atoms with Gasteiger partial charge < -0.3 is 15.2 Å². The van der Waals surface area contributed by atoms with Crippen molar-refractivity contribution in [1.82, 2.24) is 10.2 Å². The first-order chi connectivity index (χ1) is 18.2. The number of nitrogens with zero attached hydrogens (tertiary/aromatic N) is 2. The fourth-order valence-corrected chi connectivity index (χ4v) is 4.60. The van der Waals surface area contributed by atoms with E-state index < -0.39 is 29.3 Å². The van der Waals surface area contributed by atoms with Crippen molar-refractivity contribution < 1.29 is 19.4 Å². The van der Waals surface area contributed by atoms with Gasteiger partial charge in [-0.2, -0.15) is 5.10 Å². The Morgan fingerprint density at radius 3 is 2.50 bits per heavy atom. The molecule has 0 saturated carbocycles. The number of allylic oxidation sites excluding steroid dienone is 1. The van der Waals surface area contributed by atoms with Crippen LogP contribution in [0.1, 0.15) is 37.8 Å². The minimum absolute atomic E-state index is 0.203. The second-order valence-electron chi connectivity index (χ2n) is 8.73. The van der Waals surface area contributed by atoms with Gasteiger partial charge in [0.15, 0.2) is 0 Å². The van der Waals surface area contributed by atoms with Gasteiger partial charge in [0, 0.05) is 45.8 Å². The molecule has 2 heterocycles. The van der Waals surface area contributed by atoms with E-state index in [1.165, 1.54) is 7.11 Å². The molecule has 0 bridgehead atoms. The van der Waals surface area contributed by atoms with Crippen LogP contribution in [0, 0.1) is 17.8 Å². The first kappa shape index (κ1) is 26.1. The van der Waals surface area contributed by atoms with E-state index in [9.17, 15) is 19.5 Å². The van der Waals surface area contributed by atoms with Crippen LogP contribution < -0.4 is 10.9 Å². The topological polar surface area (TPSA) is 134 Å². The van der Waals surface area contributed by atoms with Crippen LogP contribution >= 0.6 is 0 Å². The first-order valence-corrected chi connectivity index (χ1v) is 11.8. The monoisotopic (exact) mass is 510 g/mol. The van der Waals surface area contributed by atoms with Crippen LogP contribution in [0.15, 0.2) is 75.7 Å². The van der Waals surface area contributed by atoms with Gasteiger partial charge in [0.05, 0.1) is 7.11 Å². The second kappa shape index (κ2) is 11.0. The lowest BCUT2D eigenvalue weighted by Crippen LogP contribution is -2.37. The standard InChI is InChI=1S/C29H26N4O5/c1-5-7-18-8-6-9-20(14-18)26-24(16(2)30-17(3)25(26)29(37)38-4)28(36)31-21-12-10-19(11-13-21)27-22(34)15-23(35)32-33-27/h6,8-15,25-26H,1-4H3,(H,31,36)(H2,32,34,35). The molecule has 0 fully saturated rings. The molecule has 0 spiro atoms. The second-order valence-corrected chi connectivity index (χ2v) is 8.73. The van der Waals surface area contributed by atoms with E-state index in [0.29, 0.717) is 28.2 Å². The summed E-state index contributed by atoms with van der Waals surface area (Å²) in [5, 5.41) is 19.1. The summed E-state index contributed by atoms with van der Waals surface area (Å²) >= 11 is 0. The molecule has 192 valence electrons. The number of aliphatic imine (C=N–C) groups is 1. The average molecular weight is 511 g/mol. The van der Waals surface area contributed by atoms with Gasteiger partial charge in [0.25, 0.3) is 11.5 Å². The molecular formula is C29H26N4O5. The van der Waals surface area contributed by atoms with Crippen molar-refractivity contribution in [3.63, 3.8) is 0 Å². The Morgan fingerprint density at radius 1 is 1.11 bits per heavy atom. The number of aromatic nitrogens is 2. The molecule has 2 unspecified atom stereocenters. The number of anilines is 1. The van der Waals surface area contributed by atoms with Gasteiger partial charge in [-0.15, -0.1) is 5.92 Å². The number of aromatic hydroxyl groups is 1. The summed E-state index contributed by atoms with van der Waals surface area (Å²) in [4.78, 5) is 42.4. The number of carbonyl (C=O) groups excluding carboxylic acids is 2. The Morgan fingerprint density at radius 2 is 1.84 bits per heavy atom. The number of H-pyrrole nitrogens is 1. The van der Waals surface area contributed by atoms with Crippen molar-refractivity contribution >= 4 is 23.3 Å². The number of methoxy groups -OCH3 is 1. The number of amides is 1. The van der Waals surface area contributed by atoms with Crippen molar-refractivity contribution in [2.24, 2.45) is 10.9 Å². The lowest BCUT2D eigenvalue weighted by molar-refractivity contribution is -0.143. The first-order valence-electron chi connectivity index (χ1n) is 11.8. The van der Waals surface area contributed by atoms with Crippen LogP contribution in [0.5, 0.6) is 5.75 Å². The molecule has 9 heteroatoms. The summed E-state index contributed by atoms with van der Waals surface area (Å²) in [7, 11) is 1.31. The van der Waals surface area contributed by atoms with Crippen LogP contribution in [0.25, 0.3) is 11.3 Å². The summed E-state index contributed by atoms with van der Waals surface area (Å²) in [6, 6.07) is 15.1. The van der Waals surface area contributed by atoms with Crippen LogP contribution in [-0.4, -0.2) is 40.0 Å². The molecule has 0 radical (unpaired) electrons. The van der Waals surface area contributed by atoms with Crippen molar-refractivity contribution in [1.29, 1.82) is 0 Å². The van der Waals surface area contributed by atoms with Gasteiger partial charge in [0.1, 0.15) is 17.4 Å². The third-order valence-electron chi connectivity index (χ3n) is 6.25. The van der Waals surface area contributed by atoms with Crippen LogP contribution in [-0.2, 0) is 14.3 Å². The maximum Gasteiger partial charge on any atom is 0.315 e. The van der Waals surface area contributed by atoms with Crippen LogP contribution in [0.2, 0.25) is 0 Å². The van der Waals surface area contributed by atoms with Crippen molar-refractivity contribution in [2.45, 2.75) is 26.7 Å². The Balaban J connectivity index is 1.71. The SMILES string of the molecule is CC#Cc1cccc(C2C(C(=O)Nc3ccc(-c4n[nH]c(=O)cc4O)cc3)=C(C)N=C(C)C2C(=O)OC)c1. The van der Waals surface area contributed by atoms with E-state index in [2.05, 4.69) is 32.3 Å². The molecule has 1 amide bonds. The van der Waals surface area contributed by atoms with Gasteiger partial charge in [-0.3, -0.25) is 19.4 Å². The summed E-state index contributed by atoms with van der Waals surface area (Å²) in [6.07, 6.45) is 0. The fraction of sp³-hybridized carbons (Fsp3) is 0.207. The molecule has 4 rings (SSSR count). The van der Waals surface area contributed by atoms with E-state index in [1.54, 1.807) is 45.0 Å². The number of aromatic amines is 1. The normalized spacial score (nSPS) is 16.7. The molecule has 2 aromatic carbocycles. The molecule has 0 aliphatic carbocycles. The van der Waals surface area contributed by atoms with E-state index in [-0.39, 0.29) is 11.4 Å². The number of ether oxygens (including phenoxy) is 1. The van der Waals surface area contributed by atoms with E-state index in [1.807, 2.05) is 24.3 Å². The van der Waals surface area contributed by atoms with E-state index in [0.717, 1.165) is 17.2 Å². The zero-order valence-electron chi connectivity index (χ0n) is 21.3. The van der Waals surface area contributed by atoms with Crippen molar-refractivity contribution in [3.05, 3.63) is 87.3 Å². The number of nitrogens with one attached hydrogen (secondary N) is 2. The number of rotatable bonds is 5. The maximum atomic E-state index is 13.7. The Kier molecular flexibility index (Phi) is 7.53. The number of benzene rings is 2. The largest absolute Gasteiger partial charge is 0.505 e. The minimum Gasteiger partial charge on any atom is -0.505 e. The fourth-order valence-electron chi connectivity index (χ4n) is 4.60. The molecule has 9 nitrogen and oxygen atoms in total. The zero-order chi connectivity index (χ0) is 27.4. The van der Waals surface area contributed by atoms with Gasteiger partial charge in [-0.05, 0) is 50.6 Å². The Bertz CT molecular complexity index is 1590. The molecule has 1 aromatic heterocycles. The highest BCUT2D eigenvalue weighted by molar-refractivity contribution is 6.11. The number of esters is 1. The van der Waals surface area contributed by atoms with Crippen LogP contribution in [0.4, 0.5) is 5.69 Å². The highest BCUT2D eigenvalue weighted by atomic mass is 16.5. The van der Waals surface area contributed by atoms with Crippen LogP contribution in [0.3, 0.4) is 0 Å². The maximum absolute atomic E-state index is 13.7. The molecule has 1 aliphatic rings. The molecule has 3 N–H and O–H groups in total.